The minimum absolute atomic E-state index is 0.463. The van der Waals surface area contributed by atoms with Crippen LogP contribution in [0.1, 0.15) is 24.9 Å². The first-order valence-corrected chi connectivity index (χ1v) is 5.50. The Morgan fingerprint density at radius 2 is 2.07 bits per heavy atom. The van der Waals surface area contributed by atoms with E-state index in [2.05, 4.69) is 41.3 Å². The van der Waals surface area contributed by atoms with Gasteiger partial charge in [0, 0.05) is 18.4 Å². The molecule has 1 unspecified atom stereocenters. The molecule has 1 N–H and O–H groups in total. The average molecular weight is 207 g/mol. The molecular formula is C12H21N3. The third kappa shape index (κ3) is 3.98. The maximum atomic E-state index is 4.03. The zero-order chi connectivity index (χ0) is 11.1. The van der Waals surface area contributed by atoms with Gasteiger partial charge in [0.15, 0.2) is 0 Å². The summed E-state index contributed by atoms with van der Waals surface area (Å²) >= 11 is 0. The van der Waals surface area contributed by atoms with Gasteiger partial charge in [-0.25, -0.2) is 0 Å². The van der Waals surface area contributed by atoms with Crippen molar-refractivity contribution in [2.45, 2.75) is 19.4 Å². The summed E-state index contributed by atoms with van der Waals surface area (Å²) in [6.07, 6.45) is 4.89. The van der Waals surface area contributed by atoms with Gasteiger partial charge in [0.1, 0.15) is 0 Å². The lowest BCUT2D eigenvalue weighted by molar-refractivity contribution is 0.258. The first kappa shape index (κ1) is 12.1. The molecule has 15 heavy (non-hydrogen) atoms. The molecule has 1 rings (SSSR count). The molecule has 0 spiro atoms. The zero-order valence-corrected chi connectivity index (χ0v) is 9.90. The molecule has 0 fully saturated rings. The predicted molar refractivity (Wildman–Crippen MR) is 63.8 cm³/mol. The van der Waals surface area contributed by atoms with Gasteiger partial charge in [-0.2, -0.15) is 0 Å². The molecule has 0 aliphatic heterocycles. The van der Waals surface area contributed by atoms with Crippen molar-refractivity contribution in [1.82, 2.24) is 15.2 Å². The van der Waals surface area contributed by atoms with Crippen molar-refractivity contribution in [3.63, 3.8) is 0 Å². The summed E-state index contributed by atoms with van der Waals surface area (Å²) < 4.78 is 0. The fraction of sp³-hybridized carbons (Fsp3) is 0.583. The van der Waals surface area contributed by atoms with Crippen LogP contribution in [0.15, 0.2) is 24.5 Å². The smallest absolute Gasteiger partial charge is 0.0317 e. The highest BCUT2D eigenvalue weighted by Gasteiger charge is 2.10. The van der Waals surface area contributed by atoms with Gasteiger partial charge in [0.05, 0.1) is 0 Å². The first-order valence-electron chi connectivity index (χ1n) is 5.50. The molecule has 1 atom stereocenters. The van der Waals surface area contributed by atoms with Crippen LogP contribution in [0.5, 0.6) is 0 Å². The number of nitrogens with one attached hydrogen (secondary N) is 1. The molecule has 84 valence electrons. The lowest BCUT2D eigenvalue weighted by atomic mass is 10.1. The topological polar surface area (TPSA) is 28.2 Å². The molecule has 0 bridgehead atoms. The van der Waals surface area contributed by atoms with Crippen LogP contribution in [0.4, 0.5) is 0 Å². The van der Waals surface area contributed by atoms with E-state index in [1.807, 2.05) is 19.4 Å². The second-order valence-electron chi connectivity index (χ2n) is 3.89. The fourth-order valence-electron chi connectivity index (χ4n) is 1.60. The standard InChI is InChI=1S/C12H21N3/c1-11(12-5-8-14-9-6-12)15(3)10-4-7-13-2/h5-6,8-9,11,13H,4,7,10H2,1-3H3. The number of hydrogen-bond acceptors (Lipinski definition) is 3. The minimum Gasteiger partial charge on any atom is -0.320 e. The van der Waals surface area contributed by atoms with E-state index in [9.17, 15) is 0 Å². The SMILES string of the molecule is CNCCCN(C)C(C)c1ccncc1. The van der Waals surface area contributed by atoms with Crippen molar-refractivity contribution in [2.75, 3.05) is 27.2 Å². The van der Waals surface area contributed by atoms with Crippen LogP contribution in [-0.2, 0) is 0 Å². The molecule has 0 saturated carbocycles. The van der Waals surface area contributed by atoms with Gasteiger partial charge in [-0.3, -0.25) is 9.88 Å². The Balaban J connectivity index is 2.42. The number of rotatable bonds is 6. The highest BCUT2D eigenvalue weighted by Crippen LogP contribution is 2.17. The van der Waals surface area contributed by atoms with Crippen LogP contribution in [-0.4, -0.2) is 37.1 Å². The number of nitrogens with zero attached hydrogens (tertiary/aromatic N) is 2. The minimum atomic E-state index is 0.463. The Labute approximate surface area is 92.5 Å². The number of aromatic nitrogens is 1. The van der Waals surface area contributed by atoms with Gasteiger partial charge in [-0.15, -0.1) is 0 Å². The van der Waals surface area contributed by atoms with Crippen LogP contribution in [0.25, 0.3) is 0 Å². The van der Waals surface area contributed by atoms with Gasteiger partial charge < -0.3 is 5.32 Å². The van der Waals surface area contributed by atoms with E-state index in [1.165, 1.54) is 12.0 Å². The molecule has 0 amide bonds. The zero-order valence-electron chi connectivity index (χ0n) is 9.90. The Bertz CT molecular complexity index is 261. The molecule has 0 aliphatic carbocycles. The largest absolute Gasteiger partial charge is 0.320 e. The molecule has 1 aromatic heterocycles. The highest BCUT2D eigenvalue weighted by molar-refractivity contribution is 5.13. The van der Waals surface area contributed by atoms with Crippen molar-refractivity contribution < 1.29 is 0 Å². The molecule has 1 heterocycles. The van der Waals surface area contributed by atoms with Gasteiger partial charge in [-0.1, -0.05) is 0 Å². The van der Waals surface area contributed by atoms with Crippen molar-refractivity contribution in [2.24, 2.45) is 0 Å². The maximum Gasteiger partial charge on any atom is 0.0317 e. The van der Waals surface area contributed by atoms with Crippen molar-refractivity contribution in [3.8, 4) is 0 Å². The summed E-state index contributed by atoms with van der Waals surface area (Å²) in [5, 5.41) is 3.17. The summed E-state index contributed by atoms with van der Waals surface area (Å²) in [5.41, 5.74) is 1.33. The van der Waals surface area contributed by atoms with E-state index in [0.29, 0.717) is 6.04 Å². The van der Waals surface area contributed by atoms with Gasteiger partial charge in [-0.05, 0) is 58.2 Å². The van der Waals surface area contributed by atoms with Crippen molar-refractivity contribution >= 4 is 0 Å². The summed E-state index contributed by atoms with van der Waals surface area (Å²) in [7, 11) is 4.16. The summed E-state index contributed by atoms with van der Waals surface area (Å²) in [4.78, 5) is 6.40. The molecule has 3 heteroatoms. The van der Waals surface area contributed by atoms with Crippen LogP contribution in [0, 0.1) is 0 Å². The van der Waals surface area contributed by atoms with Crippen molar-refractivity contribution in [3.05, 3.63) is 30.1 Å². The Morgan fingerprint density at radius 3 is 2.67 bits per heavy atom. The third-order valence-corrected chi connectivity index (χ3v) is 2.79. The summed E-state index contributed by atoms with van der Waals surface area (Å²) in [6.45, 7) is 4.42. The quantitative estimate of drug-likeness (QED) is 0.719. The second-order valence-corrected chi connectivity index (χ2v) is 3.89. The van der Waals surface area contributed by atoms with Crippen LogP contribution in [0.2, 0.25) is 0 Å². The monoisotopic (exact) mass is 207 g/mol. The Kier molecular flexibility index (Phi) is 5.29. The van der Waals surface area contributed by atoms with E-state index in [-0.39, 0.29) is 0 Å². The van der Waals surface area contributed by atoms with Gasteiger partial charge >= 0.3 is 0 Å². The van der Waals surface area contributed by atoms with Crippen molar-refractivity contribution in [1.29, 1.82) is 0 Å². The molecule has 1 aromatic rings. The van der Waals surface area contributed by atoms with Crippen LogP contribution >= 0.6 is 0 Å². The van der Waals surface area contributed by atoms with Crippen LogP contribution < -0.4 is 5.32 Å². The normalized spacial score (nSPS) is 13.1. The lowest BCUT2D eigenvalue weighted by Gasteiger charge is -2.24. The summed E-state index contributed by atoms with van der Waals surface area (Å²) in [6, 6.07) is 4.63. The van der Waals surface area contributed by atoms with Gasteiger partial charge in [0.25, 0.3) is 0 Å². The highest BCUT2D eigenvalue weighted by atomic mass is 15.1. The molecule has 0 radical (unpaired) electrons. The average Bonchev–Trinajstić information content (AvgIpc) is 2.29. The Hall–Kier alpha value is -0.930. The van der Waals surface area contributed by atoms with E-state index >= 15 is 0 Å². The van der Waals surface area contributed by atoms with Gasteiger partial charge in [0.2, 0.25) is 0 Å². The molecule has 0 aliphatic rings. The molecule has 0 aromatic carbocycles. The fourth-order valence-corrected chi connectivity index (χ4v) is 1.60. The lowest BCUT2D eigenvalue weighted by Crippen LogP contribution is -2.25. The van der Waals surface area contributed by atoms with E-state index < -0.39 is 0 Å². The molecule has 0 saturated heterocycles. The maximum absolute atomic E-state index is 4.03. The van der Waals surface area contributed by atoms with E-state index in [0.717, 1.165) is 13.1 Å². The first-order chi connectivity index (χ1) is 7.25. The summed E-state index contributed by atoms with van der Waals surface area (Å²) in [5.74, 6) is 0. The molecular weight excluding hydrogens is 186 g/mol. The number of pyridine rings is 1. The van der Waals surface area contributed by atoms with E-state index in [1.54, 1.807) is 0 Å². The third-order valence-electron chi connectivity index (χ3n) is 2.79. The Morgan fingerprint density at radius 1 is 1.40 bits per heavy atom. The molecule has 3 nitrogen and oxygen atoms in total. The van der Waals surface area contributed by atoms with E-state index in [4.69, 9.17) is 0 Å². The van der Waals surface area contributed by atoms with Crippen LogP contribution in [0.3, 0.4) is 0 Å². The number of hydrogen-bond donors (Lipinski definition) is 1. The second kappa shape index (κ2) is 6.53. The predicted octanol–water partition coefficient (Wildman–Crippen LogP) is 1.68.